The Morgan fingerprint density at radius 2 is 2.06 bits per heavy atom. The largest absolute Gasteiger partial charge is 0.505 e. The number of ether oxygens (including phenoxy) is 2. The minimum Gasteiger partial charge on any atom is -0.505 e. The summed E-state index contributed by atoms with van der Waals surface area (Å²) < 4.78 is 26.9. The molecule has 0 unspecified atom stereocenters. The molecule has 3 aromatic rings. The molecule has 2 aliphatic heterocycles. The van der Waals surface area contributed by atoms with Gasteiger partial charge in [-0.05, 0) is 31.5 Å². The third-order valence-electron chi connectivity index (χ3n) is 6.74. The Hall–Kier alpha value is -3.50. The molecule has 2 aromatic heterocycles. The summed E-state index contributed by atoms with van der Waals surface area (Å²) in [6.45, 7) is 6.75. The maximum absolute atomic E-state index is 13.4. The van der Waals surface area contributed by atoms with E-state index < -0.39 is 28.9 Å². The highest BCUT2D eigenvalue weighted by molar-refractivity contribution is 6.01. The number of nitrogens with zero attached hydrogens (tertiary/aromatic N) is 3. The Labute approximate surface area is 200 Å². The lowest BCUT2D eigenvalue weighted by Gasteiger charge is -2.44. The first-order chi connectivity index (χ1) is 16.7. The van der Waals surface area contributed by atoms with Gasteiger partial charge in [0.1, 0.15) is 28.5 Å². The van der Waals surface area contributed by atoms with Gasteiger partial charge in [0, 0.05) is 36.8 Å². The Kier molecular flexibility index (Phi) is 5.72. The van der Waals surface area contributed by atoms with Crippen molar-refractivity contribution in [3.05, 3.63) is 63.3 Å². The minimum absolute atomic E-state index is 0.0707. The van der Waals surface area contributed by atoms with E-state index in [1.165, 1.54) is 16.7 Å². The molecule has 4 heterocycles. The highest BCUT2D eigenvalue weighted by Gasteiger charge is 2.36. The second-order valence-corrected chi connectivity index (χ2v) is 9.67. The monoisotopic (exact) mass is 482 g/mol. The van der Waals surface area contributed by atoms with Gasteiger partial charge in [-0.15, -0.1) is 0 Å². The summed E-state index contributed by atoms with van der Waals surface area (Å²) in [7, 11) is 0. The zero-order valence-corrected chi connectivity index (χ0v) is 19.6. The number of benzene rings is 1. The average molecular weight is 483 g/mol. The van der Waals surface area contributed by atoms with E-state index in [2.05, 4.69) is 23.7 Å². The zero-order valence-electron chi connectivity index (χ0n) is 19.6. The van der Waals surface area contributed by atoms with Crippen LogP contribution in [0.1, 0.15) is 35.3 Å². The van der Waals surface area contributed by atoms with Crippen molar-refractivity contribution in [3.63, 3.8) is 0 Å². The van der Waals surface area contributed by atoms with E-state index in [0.29, 0.717) is 49.6 Å². The molecule has 0 saturated carbocycles. The average Bonchev–Trinajstić information content (AvgIpc) is 2.80. The predicted octanol–water partition coefficient (Wildman–Crippen LogP) is 1.80. The van der Waals surface area contributed by atoms with Crippen LogP contribution in [0.5, 0.6) is 11.5 Å². The van der Waals surface area contributed by atoms with Crippen molar-refractivity contribution in [1.82, 2.24) is 14.5 Å². The summed E-state index contributed by atoms with van der Waals surface area (Å²) in [4.78, 5) is 31.9. The van der Waals surface area contributed by atoms with Crippen LogP contribution in [0.2, 0.25) is 0 Å². The normalized spacial score (nSPS) is 19.5. The number of halogens is 1. The molecule has 10 heteroatoms. The Morgan fingerprint density at radius 1 is 1.31 bits per heavy atom. The number of carbonyl (C=O) groups excluding carboxylic acids is 1. The lowest BCUT2D eigenvalue weighted by Crippen LogP contribution is -2.56. The number of rotatable bonds is 5. The zero-order chi connectivity index (χ0) is 24.9. The quantitative estimate of drug-likeness (QED) is 0.569. The van der Waals surface area contributed by atoms with Gasteiger partial charge in [0.05, 0.1) is 19.8 Å². The third-order valence-corrected chi connectivity index (χ3v) is 6.74. The lowest BCUT2D eigenvalue weighted by molar-refractivity contribution is -0.0657. The summed E-state index contributed by atoms with van der Waals surface area (Å²) in [5.74, 6) is -1.51. The molecule has 2 aliphatic rings. The molecule has 5 rings (SSSR count). The number of amides is 1. The van der Waals surface area contributed by atoms with Crippen molar-refractivity contribution in [2.45, 2.75) is 38.5 Å². The molecule has 1 atom stereocenters. The van der Waals surface area contributed by atoms with Crippen LogP contribution in [0, 0.1) is 5.82 Å². The molecule has 0 aliphatic carbocycles. The third kappa shape index (κ3) is 4.12. The molecule has 1 aromatic carbocycles. The maximum Gasteiger partial charge on any atom is 0.268 e. The van der Waals surface area contributed by atoms with Crippen LogP contribution < -0.4 is 16.0 Å². The van der Waals surface area contributed by atoms with Gasteiger partial charge in [-0.2, -0.15) is 0 Å². The molecule has 1 saturated heterocycles. The number of nitrogens with two attached hydrogens (primary N) is 1. The first-order valence-electron chi connectivity index (χ1n) is 11.5. The van der Waals surface area contributed by atoms with Gasteiger partial charge in [-0.25, -0.2) is 4.39 Å². The van der Waals surface area contributed by atoms with E-state index in [9.17, 15) is 19.1 Å². The van der Waals surface area contributed by atoms with Gasteiger partial charge >= 0.3 is 0 Å². The molecule has 0 radical (unpaired) electrons. The fourth-order valence-corrected chi connectivity index (χ4v) is 4.86. The topological polar surface area (TPSA) is 120 Å². The van der Waals surface area contributed by atoms with Crippen LogP contribution in [-0.4, -0.2) is 63.4 Å². The summed E-state index contributed by atoms with van der Waals surface area (Å²) in [6, 6.07) is 6.09. The molecular weight excluding hydrogens is 455 g/mol. The van der Waals surface area contributed by atoms with Gasteiger partial charge in [0.2, 0.25) is 0 Å². The molecule has 9 nitrogen and oxygen atoms in total. The summed E-state index contributed by atoms with van der Waals surface area (Å²) >= 11 is 0. The van der Waals surface area contributed by atoms with Crippen LogP contribution in [0.3, 0.4) is 0 Å². The molecule has 1 amide bonds. The Bertz CT molecular complexity index is 1370. The fourth-order valence-electron chi connectivity index (χ4n) is 4.86. The minimum atomic E-state index is -1.02. The first-order valence-corrected chi connectivity index (χ1v) is 11.5. The number of aromatic hydroxyl groups is 1. The maximum atomic E-state index is 13.4. The fraction of sp³-hybridized carbons (Fsp3) is 0.400. The van der Waals surface area contributed by atoms with E-state index in [1.54, 1.807) is 18.3 Å². The van der Waals surface area contributed by atoms with E-state index in [-0.39, 0.29) is 23.4 Å². The molecule has 3 N–H and O–H groups in total. The standard InChI is InChI=1S/C25H27FN4O5/c1-25(2)13-34-8-7-29(25)11-17-12-30-20-19(21(31)18(23(27)32)24(30)33)28-10-15(22(20)35-17)9-14-3-5-16(26)6-4-14/h3-6,10,17,31H,7-9,11-13H2,1-2H3,(H2,27,32)/t17-/m0/s1. The predicted molar refractivity (Wildman–Crippen MR) is 126 cm³/mol. The molecular formula is C25H27FN4O5. The summed E-state index contributed by atoms with van der Waals surface area (Å²) in [6.07, 6.45) is 1.50. The first kappa shape index (κ1) is 23.3. The van der Waals surface area contributed by atoms with Crippen LogP contribution >= 0.6 is 0 Å². The highest BCUT2D eigenvalue weighted by atomic mass is 19.1. The molecule has 184 valence electrons. The van der Waals surface area contributed by atoms with Gasteiger partial charge in [0.15, 0.2) is 11.5 Å². The van der Waals surface area contributed by atoms with Gasteiger partial charge < -0.3 is 20.3 Å². The van der Waals surface area contributed by atoms with Crippen molar-refractivity contribution in [3.8, 4) is 11.5 Å². The van der Waals surface area contributed by atoms with Crippen LogP contribution in [0.15, 0.2) is 35.3 Å². The smallest absolute Gasteiger partial charge is 0.268 e. The highest BCUT2D eigenvalue weighted by Crippen LogP contribution is 2.38. The van der Waals surface area contributed by atoms with E-state index in [0.717, 1.165) is 5.56 Å². The van der Waals surface area contributed by atoms with Crippen molar-refractivity contribution in [2.75, 3.05) is 26.3 Å². The van der Waals surface area contributed by atoms with Crippen LogP contribution in [0.4, 0.5) is 4.39 Å². The Morgan fingerprint density at radius 3 is 2.74 bits per heavy atom. The van der Waals surface area contributed by atoms with Gasteiger partial charge in [-0.3, -0.25) is 24.0 Å². The Balaban J connectivity index is 1.62. The second-order valence-electron chi connectivity index (χ2n) is 9.67. The number of pyridine rings is 2. The van der Waals surface area contributed by atoms with E-state index >= 15 is 0 Å². The molecule has 35 heavy (non-hydrogen) atoms. The van der Waals surface area contributed by atoms with E-state index in [4.69, 9.17) is 15.2 Å². The number of carbonyl (C=O) groups is 1. The lowest BCUT2D eigenvalue weighted by atomic mass is 10.0. The van der Waals surface area contributed by atoms with Crippen molar-refractivity contribution in [1.29, 1.82) is 0 Å². The number of hydrogen-bond donors (Lipinski definition) is 2. The molecule has 0 spiro atoms. The summed E-state index contributed by atoms with van der Waals surface area (Å²) in [5.41, 5.74) is 5.93. The summed E-state index contributed by atoms with van der Waals surface area (Å²) in [5, 5.41) is 10.7. The van der Waals surface area contributed by atoms with Gasteiger partial charge in [-0.1, -0.05) is 12.1 Å². The molecule has 0 bridgehead atoms. The second kappa shape index (κ2) is 8.62. The van der Waals surface area contributed by atoms with Crippen molar-refractivity contribution >= 4 is 16.9 Å². The molecule has 1 fully saturated rings. The van der Waals surface area contributed by atoms with Crippen LogP contribution in [0.25, 0.3) is 11.0 Å². The van der Waals surface area contributed by atoms with Crippen molar-refractivity contribution in [2.24, 2.45) is 5.73 Å². The SMILES string of the molecule is CC1(C)COCCN1C[C@H]1Cn2c(=O)c(C(N)=O)c(O)c3ncc(Cc4ccc(F)cc4)c(c32)O1. The number of hydrogen-bond acceptors (Lipinski definition) is 7. The van der Waals surface area contributed by atoms with Gasteiger partial charge in [0.25, 0.3) is 11.5 Å². The van der Waals surface area contributed by atoms with Crippen LogP contribution in [-0.2, 0) is 17.7 Å². The van der Waals surface area contributed by atoms with Crippen molar-refractivity contribution < 1.29 is 23.8 Å². The number of aromatic nitrogens is 2. The number of primary amides is 1. The van der Waals surface area contributed by atoms with E-state index in [1.807, 2.05) is 0 Å². The number of morpholine rings is 1.